The van der Waals surface area contributed by atoms with Crippen molar-refractivity contribution in [1.82, 2.24) is 5.32 Å². The van der Waals surface area contributed by atoms with E-state index in [9.17, 15) is 9.59 Å². The average molecular weight is 159 g/mol. The molecule has 1 saturated heterocycles. The Morgan fingerprint density at radius 1 is 1.82 bits per heavy atom. The van der Waals surface area contributed by atoms with Crippen LogP contribution in [0.3, 0.4) is 0 Å². The third kappa shape index (κ3) is 1.48. The van der Waals surface area contributed by atoms with Crippen LogP contribution in [0, 0.1) is 0 Å². The Balaban J connectivity index is 2.56. The van der Waals surface area contributed by atoms with Crippen LogP contribution in [-0.2, 0) is 14.3 Å². The van der Waals surface area contributed by atoms with E-state index in [0.717, 1.165) is 0 Å². The molecule has 1 unspecified atom stereocenters. The van der Waals surface area contributed by atoms with Gasteiger partial charge in [-0.05, 0) is 0 Å². The van der Waals surface area contributed by atoms with Crippen LogP contribution in [0.15, 0.2) is 0 Å². The van der Waals surface area contributed by atoms with E-state index >= 15 is 0 Å². The Bertz CT molecular complexity index is 191. The second-order valence-corrected chi connectivity index (χ2v) is 2.36. The van der Waals surface area contributed by atoms with Crippen molar-refractivity contribution >= 4 is 11.9 Å². The van der Waals surface area contributed by atoms with Gasteiger partial charge in [0.25, 0.3) is 0 Å². The Hall–Kier alpha value is -1.10. The molecule has 0 spiro atoms. The quantitative estimate of drug-likeness (QED) is 0.540. The summed E-state index contributed by atoms with van der Waals surface area (Å²) in [6.07, 6.45) is -0.388. The SMILES string of the molecule is COC1C[C@@H](C(=O)O)NC1=O. The van der Waals surface area contributed by atoms with Gasteiger partial charge >= 0.3 is 5.97 Å². The molecule has 1 heterocycles. The monoisotopic (exact) mass is 159 g/mol. The highest BCUT2D eigenvalue weighted by Gasteiger charge is 2.35. The molecule has 2 N–H and O–H groups in total. The number of amides is 1. The number of carboxylic acids is 1. The summed E-state index contributed by atoms with van der Waals surface area (Å²) < 4.78 is 4.73. The van der Waals surface area contributed by atoms with Gasteiger partial charge in [0, 0.05) is 13.5 Å². The maximum Gasteiger partial charge on any atom is 0.326 e. The van der Waals surface area contributed by atoms with E-state index in [4.69, 9.17) is 9.84 Å². The Morgan fingerprint density at radius 2 is 2.45 bits per heavy atom. The molecule has 0 aromatic rings. The van der Waals surface area contributed by atoms with Crippen LogP contribution in [-0.4, -0.2) is 36.2 Å². The van der Waals surface area contributed by atoms with E-state index in [-0.39, 0.29) is 12.3 Å². The molecule has 0 saturated carbocycles. The third-order valence-corrected chi connectivity index (χ3v) is 1.64. The summed E-state index contributed by atoms with van der Waals surface area (Å²) in [6, 6.07) is -0.785. The van der Waals surface area contributed by atoms with Crippen LogP contribution < -0.4 is 5.32 Å². The standard InChI is InChI=1S/C6H9NO4/c1-11-4-2-3(6(9)10)7-5(4)8/h3-4H,2H2,1H3,(H,7,8)(H,9,10)/t3-,4?/m0/s1. The molecule has 0 aromatic carbocycles. The Labute approximate surface area is 63.3 Å². The highest BCUT2D eigenvalue weighted by atomic mass is 16.5. The fourth-order valence-electron chi connectivity index (χ4n) is 1.01. The normalized spacial score (nSPS) is 30.1. The maximum atomic E-state index is 10.8. The van der Waals surface area contributed by atoms with Crippen LogP contribution in [0.1, 0.15) is 6.42 Å². The molecule has 62 valence electrons. The van der Waals surface area contributed by atoms with E-state index in [1.165, 1.54) is 7.11 Å². The first kappa shape index (κ1) is 8.00. The van der Waals surface area contributed by atoms with Gasteiger partial charge in [0.15, 0.2) is 0 Å². The highest BCUT2D eigenvalue weighted by Crippen LogP contribution is 2.10. The lowest BCUT2D eigenvalue weighted by molar-refractivity contribution is -0.140. The van der Waals surface area contributed by atoms with Gasteiger partial charge in [0.1, 0.15) is 12.1 Å². The van der Waals surface area contributed by atoms with E-state index < -0.39 is 18.1 Å². The molecule has 1 aliphatic rings. The number of nitrogens with one attached hydrogen (secondary N) is 1. The fraction of sp³-hybridized carbons (Fsp3) is 0.667. The molecule has 0 bridgehead atoms. The van der Waals surface area contributed by atoms with Crippen LogP contribution >= 0.6 is 0 Å². The van der Waals surface area contributed by atoms with Gasteiger partial charge in [-0.2, -0.15) is 0 Å². The summed E-state index contributed by atoms with van der Waals surface area (Å²) in [4.78, 5) is 21.2. The molecule has 0 radical (unpaired) electrons. The molecule has 2 atom stereocenters. The van der Waals surface area contributed by atoms with Gasteiger partial charge in [0.2, 0.25) is 5.91 Å². The van der Waals surface area contributed by atoms with Gasteiger partial charge in [-0.1, -0.05) is 0 Å². The molecule has 1 aliphatic heterocycles. The number of hydrogen-bond acceptors (Lipinski definition) is 3. The Kier molecular flexibility index (Phi) is 2.09. The summed E-state index contributed by atoms with van der Waals surface area (Å²) in [7, 11) is 1.38. The lowest BCUT2D eigenvalue weighted by Crippen LogP contribution is -2.33. The predicted octanol–water partition coefficient (Wildman–Crippen LogP) is -1.03. The van der Waals surface area contributed by atoms with Gasteiger partial charge in [-0.25, -0.2) is 4.79 Å². The summed E-state index contributed by atoms with van der Waals surface area (Å²) in [5, 5.41) is 10.8. The van der Waals surface area contributed by atoms with E-state index in [2.05, 4.69) is 5.32 Å². The minimum Gasteiger partial charge on any atom is -0.480 e. The van der Waals surface area contributed by atoms with Crippen LogP contribution in [0.2, 0.25) is 0 Å². The van der Waals surface area contributed by atoms with E-state index in [1.807, 2.05) is 0 Å². The first-order valence-corrected chi connectivity index (χ1v) is 3.21. The van der Waals surface area contributed by atoms with Crippen molar-refractivity contribution < 1.29 is 19.4 Å². The van der Waals surface area contributed by atoms with Gasteiger partial charge in [-0.3, -0.25) is 4.79 Å². The lowest BCUT2D eigenvalue weighted by atomic mass is 10.2. The number of methoxy groups -OCH3 is 1. The lowest BCUT2D eigenvalue weighted by Gasteiger charge is -2.01. The molecule has 1 rings (SSSR count). The van der Waals surface area contributed by atoms with Crippen molar-refractivity contribution in [1.29, 1.82) is 0 Å². The summed E-state index contributed by atoms with van der Waals surface area (Å²) in [5.41, 5.74) is 0. The number of aliphatic carboxylic acids is 1. The molecule has 11 heavy (non-hydrogen) atoms. The summed E-state index contributed by atoms with van der Waals surface area (Å²) >= 11 is 0. The third-order valence-electron chi connectivity index (χ3n) is 1.64. The van der Waals surface area contributed by atoms with Crippen LogP contribution in [0.25, 0.3) is 0 Å². The summed E-state index contributed by atoms with van der Waals surface area (Å²) in [6.45, 7) is 0. The van der Waals surface area contributed by atoms with Crippen molar-refractivity contribution in [3.63, 3.8) is 0 Å². The molecule has 1 fully saturated rings. The number of ether oxygens (including phenoxy) is 1. The molecule has 5 heteroatoms. The van der Waals surface area contributed by atoms with Crippen LogP contribution in [0.4, 0.5) is 0 Å². The minimum atomic E-state index is -1.02. The zero-order chi connectivity index (χ0) is 8.43. The van der Waals surface area contributed by atoms with Crippen LogP contribution in [0.5, 0.6) is 0 Å². The zero-order valence-electron chi connectivity index (χ0n) is 6.03. The minimum absolute atomic E-state index is 0.213. The number of carbonyl (C=O) groups is 2. The second kappa shape index (κ2) is 2.87. The molecule has 5 nitrogen and oxygen atoms in total. The first-order chi connectivity index (χ1) is 5.15. The van der Waals surface area contributed by atoms with Gasteiger partial charge in [0.05, 0.1) is 0 Å². The van der Waals surface area contributed by atoms with E-state index in [1.54, 1.807) is 0 Å². The molecule has 0 aromatic heterocycles. The first-order valence-electron chi connectivity index (χ1n) is 3.21. The second-order valence-electron chi connectivity index (χ2n) is 2.36. The van der Waals surface area contributed by atoms with Crippen molar-refractivity contribution in [2.45, 2.75) is 18.6 Å². The van der Waals surface area contributed by atoms with Crippen molar-refractivity contribution in [2.24, 2.45) is 0 Å². The smallest absolute Gasteiger partial charge is 0.326 e. The van der Waals surface area contributed by atoms with Crippen molar-refractivity contribution in [3.05, 3.63) is 0 Å². The number of hydrogen-bond donors (Lipinski definition) is 2. The number of carbonyl (C=O) groups excluding carboxylic acids is 1. The van der Waals surface area contributed by atoms with E-state index in [0.29, 0.717) is 0 Å². The Morgan fingerprint density at radius 3 is 2.73 bits per heavy atom. The topological polar surface area (TPSA) is 75.6 Å². The molecule has 0 aliphatic carbocycles. The molecular weight excluding hydrogens is 150 g/mol. The summed E-state index contributed by atoms with van der Waals surface area (Å²) in [5.74, 6) is -1.36. The largest absolute Gasteiger partial charge is 0.480 e. The fourth-order valence-corrected chi connectivity index (χ4v) is 1.01. The molecular formula is C6H9NO4. The predicted molar refractivity (Wildman–Crippen MR) is 35.0 cm³/mol. The van der Waals surface area contributed by atoms with Gasteiger partial charge < -0.3 is 15.2 Å². The molecule has 1 amide bonds. The van der Waals surface area contributed by atoms with Crippen molar-refractivity contribution in [3.8, 4) is 0 Å². The van der Waals surface area contributed by atoms with Crippen molar-refractivity contribution in [2.75, 3.05) is 7.11 Å². The highest BCUT2D eigenvalue weighted by molar-refractivity contribution is 5.90. The zero-order valence-corrected chi connectivity index (χ0v) is 6.03. The number of carboxylic acid groups (broad SMARTS) is 1. The maximum absolute atomic E-state index is 10.8. The average Bonchev–Trinajstić information content (AvgIpc) is 2.31. The van der Waals surface area contributed by atoms with Gasteiger partial charge in [-0.15, -0.1) is 0 Å². The number of rotatable bonds is 2.